The van der Waals surface area contributed by atoms with E-state index in [1.807, 2.05) is 29.2 Å². The van der Waals surface area contributed by atoms with Crippen LogP contribution < -0.4 is 15.5 Å². The second-order valence-corrected chi connectivity index (χ2v) is 10.6. The maximum Gasteiger partial charge on any atom is 0.319 e. The van der Waals surface area contributed by atoms with E-state index in [1.165, 1.54) is 6.08 Å². The number of aromatic nitrogens is 3. The summed E-state index contributed by atoms with van der Waals surface area (Å²) in [6, 6.07) is 9.83. The van der Waals surface area contributed by atoms with Crippen LogP contribution in [0.5, 0.6) is 0 Å². The first-order valence-corrected chi connectivity index (χ1v) is 13.3. The summed E-state index contributed by atoms with van der Waals surface area (Å²) < 4.78 is 5.48. The van der Waals surface area contributed by atoms with Crippen molar-refractivity contribution >= 4 is 34.5 Å². The normalized spacial score (nSPS) is 19.3. The van der Waals surface area contributed by atoms with E-state index in [0.717, 1.165) is 85.7 Å². The van der Waals surface area contributed by atoms with Gasteiger partial charge in [0.15, 0.2) is 0 Å². The Labute approximate surface area is 221 Å². The van der Waals surface area contributed by atoms with Gasteiger partial charge in [-0.25, -0.2) is 14.8 Å². The standard InChI is InChI=1S/C28H33N7O3/c1-2-24(36)35-16-28(17-35)9-7-21(8-10-28)32-27(37)31-20-5-3-19(4-6-20)23-15-22-25(33-23)29-18-30-26(22)34-11-13-38-14-12-34/h2-6,15,18,21H,1,7-14,16-17H2,(H,29,30,33)(H2,31,32,37). The number of hydrogen-bond acceptors (Lipinski definition) is 6. The molecule has 0 bridgehead atoms. The Balaban J connectivity index is 1.04. The van der Waals surface area contributed by atoms with Crippen molar-refractivity contribution in [1.82, 2.24) is 25.2 Å². The summed E-state index contributed by atoms with van der Waals surface area (Å²) in [5, 5.41) is 7.07. The molecule has 3 aliphatic rings. The first-order valence-electron chi connectivity index (χ1n) is 13.3. The fourth-order valence-electron chi connectivity index (χ4n) is 5.93. The number of nitrogens with one attached hydrogen (secondary N) is 3. The Morgan fingerprint density at radius 2 is 1.84 bits per heavy atom. The molecule has 10 nitrogen and oxygen atoms in total. The lowest BCUT2D eigenvalue weighted by molar-refractivity contribution is -0.140. The lowest BCUT2D eigenvalue weighted by atomic mass is 9.67. The highest BCUT2D eigenvalue weighted by Gasteiger charge is 2.46. The Hall–Kier alpha value is -3.92. The second-order valence-electron chi connectivity index (χ2n) is 10.6. The van der Waals surface area contributed by atoms with Crippen LogP contribution in [0.1, 0.15) is 25.7 Å². The van der Waals surface area contributed by atoms with Crippen molar-refractivity contribution in [2.45, 2.75) is 31.7 Å². The Kier molecular flexibility index (Phi) is 6.49. The number of likely N-dealkylation sites (tertiary alicyclic amines) is 1. The van der Waals surface area contributed by atoms with Crippen molar-refractivity contribution in [3.05, 3.63) is 49.3 Å². The number of ether oxygens (including phenoxy) is 1. The first-order chi connectivity index (χ1) is 18.5. The van der Waals surface area contributed by atoms with Gasteiger partial charge in [0, 0.05) is 49.0 Å². The summed E-state index contributed by atoms with van der Waals surface area (Å²) in [6.07, 6.45) is 6.88. The average Bonchev–Trinajstić information content (AvgIpc) is 3.37. The smallest absolute Gasteiger partial charge is 0.319 e. The lowest BCUT2D eigenvalue weighted by Gasteiger charge is -2.53. The number of carbonyl (C=O) groups excluding carboxylic acids is 2. The molecule has 1 aromatic carbocycles. The molecule has 3 amide bonds. The molecule has 3 aromatic rings. The molecule has 2 saturated heterocycles. The zero-order valence-electron chi connectivity index (χ0n) is 21.4. The summed E-state index contributed by atoms with van der Waals surface area (Å²) in [6.45, 7) is 8.20. The van der Waals surface area contributed by atoms with Gasteiger partial charge < -0.3 is 30.2 Å². The predicted molar refractivity (Wildman–Crippen MR) is 146 cm³/mol. The Morgan fingerprint density at radius 3 is 2.55 bits per heavy atom. The average molecular weight is 516 g/mol. The third kappa shape index (κ3) is 4.83. The third-order valence-electron chi connectivity index (χ3n) is 8.09. The van der Waals surface area contributed by atoms with Crippen molar-refractivity contribution in [2.24, 2.45) is 5.41 Å². The molecule has 4 heterocycles. The molecule has 38 heavy (non-hydrogen) atoms. The van der Waals surface area contributed by atoms with Crippen LogP contribution >= 0.6 is 0 Å². The number of amides is 3. The highest BCUT2D eigenvalue weighted by atomic mass is 16.5. The molecule has 0 unspecified atom stereocenters. The monoisotopic (exact) mass is 515 g/mol. The lowest BCUT2D eigenvalue weighted by Crippen LogP contribution is -2.60. The predicted octanol–water partition coefficient (Wildman–Crippen LogP) is 3.54. The van der Waals surface area contributed by atoms with E-state index in [0.29, 0.717) is 13.2 Å². The van der Waals surface area contributed by atoms with Crippen molar-refractivity contribution in [1.29, 1.82) is 0 Å². The molecule has 2 aromatic heterocycles. The quantitative estimate of drug-likeness (QED) is 0.448. The van der Waals surface area contributed by atoms with Crippen molar-refractivity contribution in [3.8, 4) is 11.3 Å². The van der Waals surface area contributed by atoms with Gasteiger partial charge in [0.25, 0.3) is 0 Å². The van der Waals surface area contributed by atoms with Gasteiger partial charge in [-0.1, -0.05) is 18.7 Å². The molecule has 3 N–H and O–H groups in total. The minimum Gasteiger partial charge on any atom is -0.378 e. The van der Waals surface area contributed by atoms with Crippen LogP contribution in [0.4, 0.5) is 16.3 Å². The summed E-state index contributed by atoms with van der Waals surface area (Å²) in [5.74, 6) is 0.932. The number of aromatic amines is 1. The summed E-state index contributed by atoms with van der Waals surface area (Å²) in [7, 11) is 0. The number of morpholine rings is 1. The molecule has 10 heteroatoms. The number of carbonyl (C=O) groups is 2. The number of benzene rings is 1. The summed E-state index contributed by atoms with van der Waals surface area (Å²) >= 11 is 0. The number of H-pyrrole nitrogens is 1. The van der Waals surface area contributed by atoms with Crippen molar-refractivity contribution in [2.75, 3.05) is 49.6 Å². The van der Waals surface area contributed by atoms with Crippen LogP contribution in [0.3, 0.4) is 0 Å². The van der Waals surface area contributed by atoms with Crippen LogP contribution in [-0.2, 0) is 9.53 Å². The molecule has 3 fully saturated rings. The van der Waals surface area contributed by atoms with Crippen LogP contribution in [-0.4, -0.2) is 77.2 Å². The summed E-state index contributed by atoms with van der Waals surface area (Å²) in [5.41, 5.74) is 3.71. The van der Waals surface area contributed by atoms with Crippen molar-refractivity contribution in [3.63, 3.8) is 0 Å². The zero-order valence-corrected chi connectivity index (χ0v) is 21.4. The van der Waals surface area contributed by atoms with E-state index >= 15 is 0 Å². The second kappa shape index (κ2) is 10.1. The van der Waals surface area contributed by atoms with E-state index in [2.05, 4.69) is 43.1 Å². The molecular weight excluding hydrogens is 482 g/mol. The van der Waals surface area contributed by atoms with Gasteiger partial charge in [-0.2, -0.15) is 0 Å². The summed E-state index contributed by atoms with van der Waals surface area (Å²) in [4.78, 5) is 40.8. The highest BCUT2D eigenvalue weighted by Crippen LogP contribution is 2.44. The van der Waals surface area contributed by atoms with Gasteiger partial charge in [0.2, 0.25) is 5.91 Å². The van der Waals surface area contributed by atoms with Gasteiger partial charge in [0.1, 0.15) is 17.8 Å². The van der Waals surface area contributed by atoms with Gasteiger partial charge in [-0.15, -0.1) is 0 Å². The molecule has 1 spiro atoms. The van der Waals surface area contributed by atoms with Crippen LogP contribution in [0.25, 0.3) is 22.3 Å². The maximum atomic E-state index is 12.6. The van der Waals surface area contributed by atoms with Crippen LogP contribution in [0, 0.1) is 5.41 Å². The number of fused-ring (bicyclic) bond motifs is 1. The molecule has 2 aliphatic heterocycles. The minimum atomic E-state index is -0.188. The first kappa shape index (κ1) is 24.4. The fourth-order valence-corrected chi connectivity index (χ4v) is 5.93. The number of anilines is 2. The van der Waals surface area contributed by atoms with E-state index < -0.39 is 0 Å². The molecule has 0 radical (unpaired) electrons. The highest BCUT2D eigenvalue weighted by molar-refractivity contribution is 5.93. The molecular formula is C28H33N7O3. The molecule has 6 rings (SSSR count). The van der Waals surface area contributed by atoms with Crippen LogP contribution in [0.15, 0.2) is 49.3 Å². The Bertz CT molecular complexity index is 1330. The van der Waals surface area contributed by atoms with E-state index in [9.17, 15) is 9.59 Å². The van der Waals surface area contributed by atoms with E-state index in [4.69, 9.17) is 4.74 Å². The van der Waals surface area contributed by atoms with Crippen molar-refractivity contribution < 1.29 is 14.3 Å². The SMILES string of the molecule is C=CC(=O)N1CC2(CCC(NC(=O)Nc3ccc(-c4cc5c(N6CCOCC6)ncnc5[nH]4)cc3)CC2)C1. The van der Waals surface area contributed by atoms with Gasteiger partial charge >= 0.3 is 6.03 Å². The minimum absolute atomic E-state index is 0.0113. The molecule has 198 valence electrons. The molecule has 0 atom stereocenters. The van der Waals surface area contributed by atoms with Gasteiger partial charge in [-0.3, -0.25) is 4.79 Å². The fraction of sp³-hybridized carbons (Fsp3) is 0.429. The van der Waals surface area contributed by atoms with Crippen LogP contribution in [0.2, 0.25) is 0 Å². The maximum absolute atomic E-state index is 12.6. The van der Waals surface area contributed by atoms with Gasteiger partial charge in [-0.05, 0) is 55.5 Å². The Morgan fingerprint density at radius 1 is 1.11 bits per heavy atom. The van der Waals surface area contributed by atoms with E-state index in [1.54, 1.807) is 6.33 Å². The van der Waals surface area contributed by atoms with E-state index in [-0.39, 0.29) is 23.4 Å². The topological polar surface area (TPSA) is 115 Å². The van der Waals surface area contributed by atoms with Gasteiger partial charge in [0.05, 0.1) is 18.6 Å². The number of nitrogens with zero attached hydrogens (tertiary/aromatic N) is 4. The zero-order chi connectivity index (χ0) is 26.1. The molecule has 1 aliphatic carbocycles. The number of urea groups is 1. The molecule has 1 saturated carbocycles. The number of hydrogen-bond donors (Lipinski definition) is 3. The largest absolute Gasteiger partial charge is 0.378 e. The number of rotatable bonds is 5. The third-order valence-corrected chi connectivity index (χ3v) is 8.09.